The van der Waals surface area contributed by atoms with Gasteiger partial charge in [-0.25, -0.2) is 4.79 Å². The Morgan fingerprint density at radius 3 is 2.11 bits per heavy atom. The average Bonchev–Trinajstić information content (AvgIpc) is 1.65. The first-order valence-electron chi connectivity index (χ1n) is 1.66. The summed E-state index contributed by atoms with van der Waals surface area (Å²) in [5.74, 6) is -1.40. The number of ether oxygens (including phenoxy) is 1. The van der Waals surface area contributed by atoms with Gasteiger partial charge in [-0.1, -0.05) is 0 Å². The Balaban J connectivity index is 0. The first kappa shape index (κ1) is 12.0. The van der Waals surface area contributed by atoms with E-state index in [1.54, 1.807) is 0 Å². The van der Waals surface area contributed by atoms with Crippen LogP contribution in [0.1, 0.15) is 0 Å². The normalized spacial score (nSPS) is 7.22. The molecule has 0 heterocycles. The summed E-state index contributed by atoms with van der Waals surface area (Å²) >= 11 is 4.86. The third kappa shape index (κ3) is 8.23. The second-order valence-corrected chi connectivity index (χ2v) is 1.14. The molecule has 0 bridgehead atoms. The zero-order valence-electron chi connectivity index (χ0n) is 3.76. The Labute approximate surface area is 78.4 Å². The maximum atomic E-state index is 9.89. The van der Waals surface area contributed by atoms with Gasteiger partial charge >= 0.3 is 41.7 Å². The average molecular weight is 163 g/mol. The van der Waals surface area contributed by atoms with E-state index in [9.17, 15) is 9.59 Å². The fourth-order valence-electron chi connectivity index (χ4n) is 0.125. The van der Waals surface area contributed by atoms with Gasteiger partial charge in [0.15, 0.2) is 0 Å². The van der Waals surface area contributed by atoms with Crippen molar-refractivity contribution in [2.75, 3.05) is 5.88 Å². The molecule has 0 saturated heterocycles. The molecule has 0 rings (SSSR count). The Morgan fingerprint density at radius 1 is 1.56 bits per heavy atom. The standard InChI is InChI=1S/C3H3ClO4.Na.H/c4-1-2(5)8-3(6)7;;/h1H2,(H,6,7);;. The number of esters is 1. The Hall–Kier alpha value is 0.230. The van der Waals surface area contributed by atoms with Gasteiger partial charge in [-0.2, -0.15) is 0 Å². The van der Waals surface area contributed by atoms with Crippen LogP contribution < -0.4 is 0 Å². The van der Waals surface area contributed by atoms with Gasteiger partial charge in [0, 0.05) is 0 Å². The Kier molecular flexibility index (Phi) is 8.44. The Morgan fingerprint density at radius 2 is 2.00 bits per heavy atom. The molecule has 0 aliphatic heterocycles. The van der Waals surface area contributed by atoms with Crippen molar-refractivity contribution in [3.05, 3.63) is 0 Å². The van der Waals surface area contributed by atoms with E-state index in [1.165, 1.54) is 0 Å². The molecule has 0 aliphatic carbocycles. The number of alkyl halides is 1. The van der Waals surface area contributed by atoms with Crippen LogP contribution in [0, 0.1) is 0 Å². The van der Waals surface area contributed by atoms with E-state index in [0.717, 1.165) is 0 Å². The van der Waals surface area contributed by atoms with Crippen LogP contribution in [0.3, 0.4) is 0 Å². The zero-order valence-corrected chi connectivity index (χ0v) is 4.51. The summed E-state index contributed by atoms with van der Waals surface area (Å²) < 4.78 is 3.55. The Bertz CT molecular complexity index is 114. The number of rotatable bonds is 1. The van der Waals surface area contributed by atoms with Gasteiger partial charge in [0.05, 0.1) is 0 Å². The molecular weight excluding hydrogens is 158 g/mol. The molecule has 0 spiro atoms. The number of hydrogen-bond donors (Lipinski definition) is 1. The summed E-state index contributed by atoms with van der Waals surface area (Å²) in [4.78, 5) is 19.4. The van der Waals surface area contributed by atoms with Gasteiger partial charge in [0.2, 0.25) is 0 Å². The zero-order chi connectivity index (χ0) is 6.57. The minimum atomic E-state index is -1.63. The number of carbonyl (C=O) groups excluding carboxylic acids is 1. The molecule has 48 valence electrons. The van der Waals surface area contributed by atoms with E-state index >= 15 is 0 Å². The van der Waals surface area contributed by atoms with Crippen LogP contribution in [-0.4, -0.2) is 52.7 Å². The summed E-state index contributed by atoms with van der Waals surface area (Å²) in [6.07, 6.45) is -1.63. The second-order valence-electron chi connectivity index (χ2n) is 0.874. The predicted octanol–water partition coefficient (Wildman–Crippen LogP) is -0.202. The van der Waals surface area contributed by atoms with Gasteiger partial charge in [-0.3, -0.25) is 4.79 Å². The number of halogens is 1. The molecule has 0 radical (unpaired) electrons. The fourth-order valence-corrected chi connectivity index (χ4v) is 0.179. The van der Waals surface area contributed by atoms with Crippen molar-refractivity contribution >= 4 is 53.3 Å². The van der Waals surface area contributed by atoms with Crippen molar-refractivity contribution in [2.45, 2.75) is 0 Å². The second kappa shape index (κ2) is 6.35. The van der Waals surface area contributed by atoms with Gasteiger partial charge < -0.3 is 9.84 Å². The molecule has 9 heavy (non-hydrogen) atoms. The third-order valence-corrected chi connectivity index (χ3v) is 0.528. The van der Waals surface area contributed by atoms with Crippen LogP contribution in [0.2, 0.25) is 0 Å². The summed E-state index contributed by atoms with van der Waals surface area (Å²) in [5.41, 5.74) is 0. The molecule has 0 fully saturated rings. The van der Waals surface area contributed by atoms with Crippen LogP contribution in [0.5, 0.6) is 0 Å². The van der Waals surface area contributed by atoms with E-state index in [1.807, 2.05) is 0 Å². The van der Waals surface area contributed by atoms with E-state index < -0.39 is 18.0 Å². The monoisotopic (exact) mass is 162 g/mol. The number of carboxylic acid groups (broad SMARTS) is 1. The minimum absolute atomic E-state index is 0. The van der Waals surface area contributed by atoms with E-state index in [-0.39, 0.29) is 29.6 Å². The summed E-state index contributed by atoms with van der Waals surface area (Å²) in [5, 5.41) is 7.71. The van der Waals surface area contributed by atoms with Gasteiger partial charge in [0.25, 0.3) is 0 Å². The van der Waals surface area contributed by atoms with E-state index in [4.69, 9.17) is 16.7 Å². The molecule has 0 aliphatic rings. The van der Waals surface area contributed by atoms with Crippen molar-refractivity contribution in [2.24, 2.45) is 0 Å². The van der Waals surface area contributed by atoms with Gasteiger partial charge in [-0.15, -0.1) is 11.6 Å². The van der Waals surface area contributed by atoms with Gasteiger partial charge in [0.1, 0.15) is 5.88 Å². The van der Waals surface area contributed by atoms with Crippen molar-refractivity contribution in [1.82, 2.24) is 0 Å². The number of hydrogen-bond acceptors (Lipinski definition) is 3. The SMILES string of the molecule is O=C(O)OC(=O)CCl.[NaH]. The molecule has 0 atom stereocenters. The topological polar surface area (TPSA) is 63.6 Å². The molecule has 0 aromatic rings. The molecule has 0 amide bonds. The number of carbonyl (C=O) groups is 2. The van der Waals surface area contributed by atoms with Gasteiger partial charge in [-0.05, 0) is 0 Å². The van der Waals surface area contributed by atoms with Crippen LogP contribution in [0.15, 0.2) is 0 Å². The fraction of sp³-hybridized carbons (Fsp3) is 0.333. The van der Waals surface area contributed by atoms with Crippen molar-refractivity contribution < 1.29 is 19.4 Å². The van der Waals surface area contributed by atoms with E-state index in [0.29, 0.717) is 0 Å². The third-order valence-electron chi connectivity index (χ3n) is 0.310. The molecule has 6 heteroatoms. The summed E-state index contributed by atoms with van der Waals surface area (Å²) in [7, 11) is 0. The molecule has 1 N–H and O–H groups in total. The van der Waals surface area contributed by atoms with Crippen LogP contribution in [0.4, 0.5) is 4.79 Å². The molecule has 4 nitrogen and oxygen atoms in total. The quantitative estimate of drug-likeness (QED) is 0.251. The first-order valence-corrected chi connectivity index (χ1v) is 2.20. The molecule has 0 aromatic carbocycles. The summed E-state index contributed by atoms with van der Waals surface area (Å²) in [6, 6.07) is 0. The van der Waals surface area contributed by atoms with Crippen LogP contribution in [-0.2, 0) is 9.53 Å². The molecule has 0 unspecified atom stereocenters. The maximum absolute atomic E-state index is 9.89. The molecular formula is C3H4ClNaO4. The first-order chi connectivity index (χ1) is 3.66. The summed E-state index contributed by atoms with van der Waals surface area (Å²) in [6.45, 7) is 0. The predicted molar refractivity (Wildman–Crippen MR) is 32.0 cm³/mol. The van der Waals surface area contributed by atoms with E-state index in [2.05, 4.69) is 4.74 Å². The van der Waals surface area contributed by atoms with Crippen LogP contribution >= 0.6 is 11.6 Å². The molecule has 0 saturated carbocycles. The van der Waals surface area contributed by atoms with Crippen molar-refractivity contribution in [3.63, 3.8) is 0 Å². The van der Waals surface area contributed by atoms with Crippen molar-refractivity contribution in [3.8, 4) is 0 Å². The van der Waals surface area contributed by atoms with Crippen LogP contribution in [0.25, 0.3) is 0 Å². The van der Waals surface area contributed by atoms with Crippen molar-refractivity contribution in [1.29, 1.82) is 0 Å². The molecule has 0 aromatic heterocycles.